The van der Waals surface area contributed by atoms with E-state index < -0.39 is 4.92 Å². The number of hydrogen-bond acceptors (Lipinski definition) is 4. The summed E-state index contributed by atoms with van der Waals surface area (Å²) in [5.41, 5.74) is 0.897. The number of aliphatic imine (C=N–C) groups is 1. The summed E-state index contributed by atoms with van der Waals surface area (Å²) in [6, 6.07) is 6.54. The van der Waals surface area contributed by atoms with Gasteiger partial charge in [0.05, 0.1) is 17.6 Å². The van der Waals surface area contributed by atoms with Gasteiger partial charge in [-0.3, -0.25) is 10.1 Å². The van der Waals surface area contributed by atoms with E-state index >= 15 is 0 Å². The Balaban J connectivity index is 0.00000264. The lowest BCUT2D eigenvalue weighted by molar-refractivity contribution is -0.384. The second kappa shape index (κ2) is 10.4. The van der Waals surface area contributed by atoms with Crippen LogP contribution in [0.3, 0.4) is 0 Å². The molecule has 0 bridgehead atoms. The first-order chi connectivity index (χ1) is 10.7. The maximum atomic E-state index is 10.8. The minimum Gasteiger partial charge on any atom is -0.376 e. The van der Waals surface area contributed by atoms with Gasteiger partial charge in [-0.2, -0.15) is 0 Å². The van der Waals surface area contributed by atoms with Crippen molar-refractivity contribution in [2.45, 2.75) is 32.4 Å². The summed E-state index contributed by atoms with van der Waals surface area (Å²) < 4.78 is 5.57. The third kappa shape index (κ3) is 6.69. The number of non-ortho nitro benzene ring substituents is 1. The number of nitrogens with one attached hydrogen (secondary N) is 2. The molecular formula is C15H23IN4O3. The average Bonchev–Trinajstić information content (AvgIpc) is 3.03. The van der Waals surface area contributed by atoms with Gasteiger partial charge in [-0.15, -0.1) is 24.0 Å². The number of hydrogen-bond donors (Lipinski definition) is 2. The molecule has 1 heterocycles. The first-order valence-electron chi connectivity index (χ1n) is 7.56. The van der Waals surface area contributed by atoms with Crippen LogP contribution in [-0.2, 0) is 11.3 Å². The van der Waals surface area contributed by atoms with Crippen molar-refractivity contribution in [2.24, 2.45) is 4.99 Å². The predicted octanol–water partition coefficient (Wildman–Crippen LogP) is 2.45. The van der Waals surface area contributed by atoms with E-state index in [2.05, 4.69) is 15.6 Å². The quantitative estimate of drug-likeness (QED) is 0.236. The van der Waals surface area contributed by atoms with Crippen LogP contribution >= 0.6 is 24.0 Å². The monoisotopic (exact) mass is 434 g/mol. The van der Waals surface area contributed by atoms with E-state index in [1.54, 1.807) is 12.1 Å². The summed E-state index contributed by atoms with van der Waals surface area (Å²) in [5, 5.41) is 17.2. The van der Waals surface area contributed by atoms with Crippen molar-refractivity contribution in [1.82, 2.24) is 10.6 Å². The molecule has 1 aliphatic rings. The number of nitro benzene ring substituents is 1. The molecule has 0 amide bonds. The normalized spacial score (nSPS) is 17.4. The third-order valence-electron chi connectivity index (χ3n) is 3.41. The van der Waals surface area contributed by atoms with Crippen molar-refractivity contribution in [3.8, 4) is 0 Å². The molecule has 8 heteroatoms. The highest BCUT2D eigenvalue weighted by molar-refractivity contribution is 14.0. The van der Waals surface area contributed by atoms with Gasteiger partial charge in [-0.05, 0) is 25.3 Å². The van der Waals surface area contributed by atoms with Crippen LogP contribution < -0.4 is 10.6 Å². The molecule has 0 aromatic heterocycles. The molecule has 128 valence electrons. The zero-order valence-electron chi connectivity index (χ0n) is 13.2. The Labute approximate surface area is 153 Å². The zero-order valence-corrected chi connectivity index (χ0v) is 15.5. The van der Waals surface area contributed by atoms with Gasteiger partial charge in [0, 0.05) is 31.8 Å². The Hall–Kier alpha value is -1.42. The molecule has 2 N–H and O–H groups in total. The van der Waals surface area contributed by atoms with Crippen LogP contribution in [0.15, 0.2) is 29.3 Å². The highest BCUT2D eigenvalue weighted by Gasteiger charge is 2.15. The number of benzene rings is 1. The van der Waals surface area contributed by atoms with E-state index in [-0.39, 0.29) is 35.8 Å². The molecule has 1 aromatic carbocycles. The van der Waals surface area contributed by atoms with Crippen LogP contribution in [0.4, 0.5) is 5.69 Å². The molecule has 23 heavy (non-hydrogen) atoms. The average molecular weight is 434 g/mol. The predicted molar refractivity (Wildman–Crippen MR) is 100 cm³/mol. The Morgan fingerprint density at radius 1 is 1.48 bits per heavy atom. The van der Waals surface area contributed by atoms with Gasteiger partial charge in [0.15, 0.2) is 5.96 Å². The number of rotatable bonds is 6. The molecule has 7 nitrogen and oxygen atoms in total. The number of ether oxygens (including phenoxy) is 1. The lowest BCUT2D eigenvalue weighted by Gasteiger charge is -2.14. The molecule has 1 unspecified atom stereocenters. The summed E-state index contributed by atoms with van der Waals surface area (Å²) in [7, 11) is 0. The molecule has 0 saturated carbocycles. The summed E-state index contributed by atoms with van der Waals surface area (Å²) in [5.74, 6) is 0.699. The Morgan fingerprint density at radius 2 is 2.30 bits per heavy atom. The Kier molecular flexibility index (Phi) is 8.85. The lowest BCUT2D eigenvalue weighted by atomic mass is 10.2. The van der Waals surface area contributed by atoms with Gasteiger partial charge in [-0.1, -0.05) is 12.1 Å². The largest absolute Gasteiger partial charge is 0.376 e. The lowest BCUT2D eigenvalue weighted by Crippen LogP contribution is -2.41. The van der Waals surface area contributed by atoms with Crippen molar-refractivity contribution in [1.29, 1.82) is 0 Å². The van der Waals surface area contributed by atoms with E-state index in [9.17, 15) is 10.1 Å². The van der Waals surface area contributed by atoms with Crippen LogP contribution in [0.5, 0.6) is 0 Å². The molecule has 0 radical (unpaired) electrons. The molecule has 1 aromatic rings. The molecule has 1 aliphatic heterocycles. The fraction of sp³-hybridized carbons (Fsp3) is 0.533. The van der Waals surface area contributed by atoms with Gasteiger partial charge in [0.1, 0.15) is 0 Å². The minimum absolute atomic E-state index is 0. The van der Waals surface area contributed by atoms with Gasteiger partial charge in [-0.25, -0.2) is 4.99 Å². The fourth-order valence-electron chi connectivity index (χ4n) is 2.30. The molecule has 2 rings (SSSR count). The zero-order chi connectivity index (χ0) is 15.8. The maximum Gasteiger partial charge on any atom is 0.269 e. The van der Waals surface area contributed by atoms with Crippen LogP contribution in [0.1, 0.15) is 25.3 Å². The number of nitrogens with zero attached hydrogens (tertiary/aromatic N) is 2. The van der Waals surface area contributed by atoms with Crippen molar-refractivity contribution >= 4 is 35.6 Å². The first-order valence-corrected chi connectivity index (χ1v) is 7.56. The van der Waals surface area contributed by atoms with Crippen molar-refractivity contribution < 1.29 is 9.66 Å². The van der Waals surface area contributed by atoms with Gasteiger partial charge in [0.2, 0.25) is 0 Å². The van der Waals surface area contributed by atoms with Gasteiger partial charge >= 0.3 is 0 Å². The first kappa shape index (κ1) is 19.6. The summed E-state index contributed by atoms with van der Waals surface area (Å²) >= 11 is 0. The molecule has 1 saturated heterocycles. The van der Waals surface area contributed by atoms with Gasteiger partial charge < -0.3 is 15.4 Å². The maximum absolute atomic E-state index is 10.8. The number of nitro groups is 1. The Bertz CT molecular complexity index is 533. The summed E-state index contributed by atoms with van der Waals surface area (Å²) in [6.07, 6.45) is 2.41. The number of halogens is 1. The van der Waals surface area contributed by atoms with E-state index in [0.717, 1.165) is 38.1 Å². The Morgan fingerprint density at radius 3 is 2.96 bits per heavy atom. The molecule has 1 atom stereocenters. The highest BCUT2D eigenvalue weighted by Crippen LogP contribution is 2.14. The summed E-state index contributed by atoms with van der Waals surface area (Å²) in [4.78, 5) is 14.8. The molecule has 0 aliphatic carbocycles. The fourth-order valence-corrected chi connectivity index (χ4v) is 2.30. The van der Waals surface area contributed by atoms with Crippen LogP contribution in [0.2, 0.25) is 0 Å². The number of guanidine groups is 1. The molecule has 0 spiro atoms. The second-order valence-corrected chi connectivity index (χ2v) is 5.14. The van der Waals surface area contributed by atoms with Crippen molar-refractivity contribution in [3.05, 3.63) is 39.9 Å². The highest BCUT2D eigenvalue weighted by atomic mass is 127. The van der Waals surface area contributed by atoms with Crippen molar-refractivity contribution in [2.75, 3.05) is 19.7 Å². The third-order valence-corrected chi connectivity index (χ3v) is 3.41. The standard InChI is InChI=1S/C15H22N4O3.HI/c1-2-16-15(18-11-14-7-4-8-22-14)17-10-12-5-3-6-13(9-12)19(20)21;/h3,5-6,9,14H,2,4,7-8,10-11H2,1H3,(H2,16,17,18);1H. The molecule has 1 fully saturated rings. The SMILES string of the molecule is CCNC(=NCc1cccc([N+](=O)[O-])c1)NCC1CCCO1.I. The minimum atomic E-state index is -0.395. The topological polar surface area (TPSA) is 88.8 Å². The van der Waals surface area contributed by atoms with Gasteiger partial charge in [0.25, 0.3) is 5.69 Å². The van der Waals surface area contributed by atoms with Crippen LogP contribution in [0.25, 0.3) is 0 Å². The second-order valence-electron chi connectivity index (χ2n) is 5.14. The molecular weight excluding hydrogens is 411 g/mol. The van der Waals surface area contributed by atoms with E-state index in [0.29, 0.717) is 12.5 Å². The van der Waals surface area contributed by atoms with Crippen LogP contribution in [-0.4, -0.2) is 36.7 Å². The van der Waals surface area contributed by atoms with E-state index in [1.165, 1.54) is 6.07 Å². The smallest absolute Gasteiger partial charge is 0.269 e. The van der Waals surface area contributed by atoms with Crippen LogP contribution in [0, 0.1) is 10.1 Å². The van der Waals surface area contributed by atoms with E-state index in [1.807, 2.05) is 13.0 Å². The van der Waals surface area contributed by atoms with E-state index in [4.69, 9.17) is 4.74 Å². The summed E-state index contributed by atoms with van der Waals surface area (Å²) in [6.45, 7) is 4.69. The van der Waals surface area contributed by atoms with Crippen molar-refractivity contribution in [3.63, 3.8) is 0 Å².